The van der Waals surface area contributed by atoms with Crippen LogP contribution in [0.15, 0.2) is 18.5 Å². The number of aromatic carboxylic acids is 1. The first-order valence-electron chi connectivity index (χ1n) is 3.55. The molecule has 2 aromatic rings. The molecule has 0 bridgehead atoms. The molecule has 0 saturated heterocycles. The van der Waals surface area contributed by atoms with E-state index in [0.717, 1.165) is 4.70 Å². The van der Waals surface area contributed by atoms with E-state index in [1.807, 2.05) is 0 Å². The Morgan fingerprint density at radius 2 is 2.38 bits per heavy atom. The summed E-state index contributed by atoms with van der Waals surface area (Å²) in [5.41, 5.74) is 5.94. The van der Waals surface area contributed by atoms with Crippen LogP contribution in [0, 0.1) is 0 Å². The molecule has 0 radical (unpaired) electrons. The van der Waals surface area contributed by atoms with E-state index < -0.39 is 5.97 Å². The SMILES string of the molecule is Nc1c(C(=O)O)sc2ccncc12. The van der Waals surface area contributed by atoms with Gasteiger partial charge in [-0.15, -0.1) is 11.3 Å². The Balaban J connectivity index is 2.81. The molecule has 5 heteroatoms. The van der Waals surface area contributed by atoms with E-state index >= 15 is 0 Å². The number of thiophene rings is 1. The number of hydrogen-bond acceptors (Lipinski definition) is 4. The van der Waals surface area contributed by atoms with Gasteiger partial charge in [0.2, 0.25) is 0 Å². The van der Waals surface area contributed by atoms with Crippen molar-refractivity contribution < 1.29 is 9.90 Å². The lowest BCUT2D eigenvalue weighted by molar-refractivity contribution is 0.0703. The summed E-state index contributed by atoms with van der Waals surface area (Å²) in [7, 11) is 0. The number of nitrogens with two attached hydrogens (primary N) is 1. The molecule has 0 aliphatic carbocycles. The van der Waals surface area contributed by atoms with Crippen LogP contribution in [0.2, 0.25) is 0 Å². The summed E-state index contributed by atoms with van der Waals surface area (Å²) >= 11 is 1.17. The Morgan fingerprint density at radius 1 is 1.62 bits per heavy atom. The second kappa shape index (κ2) is 2.70. The third kappa shape index (κ3) is 1.13. The summed E-state index contributed by atoms with van der Waals surface area (Å²) in [5, 5.41) is 9.49. The molecule has 0 spiro atoms. The Kier molecular flexibility index (Phi) is 1.66. The molecule has 2 rings (SSSR count). The molecular formula is C8H6N2O2S. The summed E-state index contributed by atoms with van der Waals surface area (Å²) in [6.45, 7) is 0. The van der Waals surface area contributed by atoms with Crippen molar-refractivity contribution in [3.63, 3.8) is 0 Å². The molecule has 2 heterocycles. The highest BCUT2D eigenvalue weighted by Gasteiger charge is 2.14. The van der Waals surface area contributed by atoms with Gasteiger partial charge in [0.15, 0.2) is 0 Å². The minimum absolute atomic E-state index is 0.183. The number of nitrogen functional groups attached to an aromatic ring is 1. The van der Waals surface area contributed by atoms with Crippen molar-refractivity contribution in [3.8, 4) is 0 Å². The second-order valence-corrected chi connectivity index (χ2v) is 3.57. The lowest BCUT2D eigenvalue weighted by Gasteiger charge is -1.90. The monoisotopic (exact) mass is 194 g/mol. The Bertz CT molecular complexity index is 478. The van der Waals surface area contributed by atoms with Crippen LogP contribution in [0.4, 0.5) is 5.69 Å². The molecule has 0 amide bonds. The number of pyridine rings is 1. The summed E-state index contributed by atoms with van der Waals surface area (Å²) in [5.74, 6) is -0.987. The van der Waals surface area contributed by atoms with Gasteiger partial charge in [0.05, 0.1) is 5.69 Å². The maximum absolute atomic E-state index is 10.7. The molecule has 0 unspecified atom stereocenters. The van der Waals surface area contributed by atoms with Crippen LogP contribution in [0.25, 0.3) is 10.1 Å². The molecule has 0 aromatic carbocycles. The van der Waals surface area contributed by atoms with E-state index in [4.69, 9.17) is 10.8 Å². The van der Waals surface area contributed by atoms with Crippen LogP contribution in [-0.4, -0.2) is 16.1 Å². The Labute approximate surface area is 77.6 Å². The maximum Gasteiger partial charge on any atom is 0.348 e. The minimum Gasteiger partial charge on any atom is -0.477 e. The topological polar surface area (TPSA) is 76.2 Å². The fraction of sp³-hybridized carbons (Fsp3) is 0. The molecule has 0 aliphatic rings. The fourth-order valence-electron chi connectivity index (χ4n) is 1.12. The fourth-order valence-corrected chi connectivity index (χ4v) is 2.05. The largest absolute Gasteiger partial charge is 0.477 e. The van der Waals surface area contributed by atoms with Crippen LogP contribution < -0.4 is 5.73 Å². The van der Waals surface area contributed by atoms with Gasteiger partial charge in [0, 0.05) is 22.5 Å². The smallest absolute Gasteiger partial charge is 0.348 e. The average molecular weight is 194 g/mol. The van der Waals surface area contributed by atoms with Crippen molar-refractivity contribution in [2.75, 3.05) is 5.73 Å². The quantitative estimate of drug-likeness (QED) is 0.722. The minimum atomic E-state index is -0.987. The average Bonchev–Trinajstić information content (AvgIpc) is 2.45. The molecule has 0 saturated carbocycles. The van der Waals surface area contributed by atoms with Gasteiger partial charge in [-0.2, -0.15) is 0 Å². The van der Waals surface area contributed by atoms with E-state index in [9.17, 15) is 4.79 Å². The predicted octanol–water partition coefficient (Wildman–Crippen LogP) is 1.58. The molecule has 0 fully saturated rings. The molecule has 66 valence electrons. The van der Waals surface area contributed by atoms with Gasteiger partial charge in [-0.05, 0) is 6.07 Å². The zero-order valence-corrected chi connectivity index (χ0v) is 7.34. The van der Waals surface area contributed by atoms with E-state index in [1.54, 1.807) is 18.5 Å². The molecular weight excluding hydrogens is 188 g/mol. The zero-order valence-electron chi connectivity index (χ0n) is 6.52. The Hall–Kier alpha value is -1.62. The third-order valence-electron chi connectivity index (χ3n) is 1.72. The van der Waals surface area contributed by atoms with Gasteiger partial charge in [-0.3, -0.25) is 4.98 Å². The normalized spacial score (nSPS) is 10.5. The van der Waals surface area contributed by atoms with Crippen molar-refractivity contribution >= 4 is 33.1 Å². The number of carboxylic acids is 1. The second-order valence-electron chi connectivity index (χ2n) is 2.52. The van der Waals surface area contributed by atoms with Crippen LogP contribution in [-0.2, 0) is 0 Å². The highest BCUT2D eigenvalue weighted by Crippen LogP contribution is 2.32. The molecule has 3 N–H and O–H groups in total. The van der Waals surface area contributed by atoms with Crippen molar-refractivity contribution in [2.24, 2.45) is 0 Å². The molecule has 4 nitrogen and oxygen atoms in total. The number of carbonyl (C=O) groups is 1. The number of aromatic nitrogens is 1. The summed E-state index contributed by atoms with van der Waals surface area (Å²) in [6, 6.07) is 1.75. The Morgan fingerprint density at radius 3 is 3.00 bits per heavy atom. The lowest BCUT2D eigenvalue weighted by atomic mass is 10.3. The number of anilines is 1. The molecule has 13 heavy (non-hydrogen) atoms. The van der Waals surface area contributed by atoms with Gasteiger partial charge >= 0.3 is 5.97 Å². The number of nitrogens with zero attached hydrogens (tertiary/aromatic N) is 1. The molecule has 0 atom stereocenters. The van der Waals surface area contributed by atoms with Crippen LogP contribution in [0.3, 0.4) is 0 Å². The van der Waals surface area contributed by atoms with Crippen molar-refractivity contribution in [1.29, 1.82) is 0 Å². The first-order valence-corrected chi connectivity index (χ1v) is 4.37. The standard InChI is InChI=1S/C8H6N2O2S/c9-6-4-3-10-2-1-5(4)13-7(6)8(11)12/h1-3H,9H2,(H,11,12). The third-order valence-corrected chi connectivity index (χ3v) is 2.90. The number of fused-ring (bicyclic) bond motifs is 1. The first-order chi connectivity index (χ1) is 6.20. The van der Waals surface area contributed by atoms with Crippen molar-refractivity contribution in [2.45, 2.75) is 0 Å². The molecule has 0 aliphatic heterocycles. The zero-order chi connectivity index (χ0) is 9.42. The van der Waals surface area contributed by atoms with Gasteiger partial charge in [-0.25, -0.2) is 4.79 Å². The van der Waals surface area contributed by atoms with E-state index in [2.05, 4.69) is 4.98 Å². The number of rotatable bonds is 1. The van der Waals surface area contributed by atoms with E-state index in [-0.39, 0.29) is 4.88 Å². The van der Waals surface area contributed by atoms with Crippen molar-refractivity contribution in [1.82, 2.24) is 4.98 Å². The highest BCUT2D eigenvalue weighted by molar-refractivity contribution is 7.21. The lowest BCUT2D eigenvalue weighted by Crippen LogP contribution is -1.96. The van der Waals surface area contributed by atoms with E-state index in [0.29, 0.717) is 11.1 Å². The van der Waals surface area contributed by atoms with Crippen LogP contribution >= 0.6 is 11.3 Å². The first kappa shape index (κ1) is 8.00. The van der Waals surface area contributed by atoms with Crippen LogP contribution in [0.1, 0.15) is 9.67 Å². The number of hydrogen-bond donors (Lipinski definition) is 2. The van der Waals surface area contributed by atoms with E-state index in [1.165, 1.54) is 11.3 Å². The highest BCUT2D eigenvalue weighted by atomic mass is 32.1. The summed E-state index contributed by atoms with van der Waals surface area (Å²) in [4.78, 5) is 14.8. The predicted molar refractivity (Wildman–Crippen MR) is 51.0 cm³/mol. The van der Waals surface area contributed by atoms with Gasteiger partial charge < -0.3 is 10.8 Å². The van der Waals surface area contributed by atoms with Crippen LogP contribution in [0.5, 0.6) is 0 Å². The maximum atomic E-state index is 10.7. The van der Waals surface area contributed by atoms with Crippen molar-refractivity contribution in [3.05, 3.63) is 23.3 Å². The summed E-state index contributed by atoms with van der Waals surface area (Å²) < 4.78 is 0.852. The number of carboxylic acid groups (broad SMARTS) is 1. The summed E-state index contributed by atoms with van der Waals surface area (Å²) in [6.07, 6.45) is 3.19. The molecule has 2 aromatic heterocycles. The van der Waals surface area contributed by atoms with Gasteiger partial charge in [0.25, 0.3) is 0 Å². The van der Waals surface area contributed by atoms with Gasteiger partial charge in [0.1, 0.15) is 4.88 Å². The van der Waals surface area contributed by atoms with Gasteiger partial charge in [-0.1, -0.05) is 0 Å².